The van der Waals surface area contributed by atoms with Crippen molar-refractivity contribution in [1.29, 1.82) is 0 Å². The van der Waals surface area contributed by atoms with Gasteiger partial charge in [-0.25, -0.2) is 8.78 Å². The van der Waals surface area contributed by atoms with Crippen LogP contribution in [0.25, 0.3) is 0 Å². The third kappa shape index (κ3) is 2.29. The molecule has 0 radical (unpaired) electrons. The van der Waals surface area contributed by atoms with Gasteiger partial charge < -0.3 is 9.84 Å². The van der Waals surface area contributed by atoms with Crippen molar-refractivity contribution in [2.75, 3.05) is 13.2 Å². The van der Waals surface area contributed by atoms with Gasteiger partial charge in [0.25, 0.3) is 0 Å². The van der Waals surface area contributed by atoms with Gasteiger partial charge in [0.15, 0.2) is 0 Å². The smallest absolute Gasteiger partial charge is 0.248 e. The zero-order valence-corrected chi connectivity index (χ0v) is 10.7. The van der Waals surface area contributed by atoms with E-state index in [1.807, 2.05) is 0 Å². The van der Waals surface area contributed by atoms with Crippen molar-refractivity contribution in [3.8, 4) is 0 Å². The fourth-order valence-electron chi connectivity index (χ4n) is 3.99. The minimum absolute atomic E-state index is 0.00609. The Bertz CT molecular complexity index is 317. The van der Waals surface area contributed by atoms with E-state index in [1.165, 1.54) is 12.8 Å². The molecule has 2 nitrogen and oxygen atoms in total. The molecular formula is C14H22F2O2. The summed E-state index contributed by atoms with van der Waals surface area (Å²) in [6.45, 7) is 0.779. The molecule has 2 aliphatic carbocycles. The lowest BCUT2D eigenvalue weighted by atomic mass is 9.72. The SMILES string of the molecule is OCC1(CC2CCC(F)(F)C2)CCOC1C1CC1. The summed E-state index contributed by atoms with van der Waals surface area (Å²) in [7, 11) is 0. The number of halogens is 2. The molecule has 0 aromatic heterocycles. The number of alkyl halides is 2. The van der Waals surface area contributed by atoms with E-state index < -0.39 is 5.92 Å². The summed E-state index contributed by atoms with van der Waals surface area (Å²) in [5.41, 5.74) is -0.230. The van der Waals surface area contributed by atoms with E-state index in [4.69, 9.17) is 4.74 Å². The van der Waals surface area contributed by atoms with Crippen molar-refractivity contribution in [2.24, 2.45) is 17.3 Å². The Labute approximate surface area is 107 Å². The second-order valence-electron chi connectivity index (χ2n) is 6.57. The van der Waals surface area contributed by atoms with Crippen molar-refractivity contribution in [3.05, 3.63) is 0 Å². The summed E-state index contributed by atoms with van der Waals surface area (Å²) < 4.78 is 32.3. The standard InChI is InChI=1S/C14H22F2O2/c15-14(16)4-3-10(8-14)7-13(9-17)5-6-18-12(13)11-1-2-11/h10-12,17H,1-9H2. The van der Waals surface area contributed by atoms with Crippen LogP contribution in [-0.4, -0.2) is 30.3 Å². The van der Waals surface area contributed by atoms with Crippen molar-refractivity contribution >= 4 is 0 Å². The number of aliphatic hydroxyl groups is 1. The number of rotatable bonds is 4. The molecule has 104 valence electrons. The molecule has 4 heteroatoms. The second kappa shape index (κ2) is 4.41. The van der Waals surface area contributed by atoms with E-state index in [9.17, 15) is 13.9 Å². The summed E-state index contributed by atoms with van der Waals surface area (Å²) in [6.07, 6.45) is 4.66. The van der Waals surface area contributed by atoms with E-state index in [2.05, 4.69) is 0 Å². The van der Waals surface area contributed by atoms with Gasteiger partial charge in [0, 0.05) is 24.9 Å². The Morgan fingerprint density at radius 3 is 2.50 bits per heavy atom. The predicted molar refractivity (Wildman–Crippen MR) is 63.5 cm³/mol. The fourth-order valence-corrected chi connectivity index (χ4v) is 3.99. The monoisotopic (exact) mass is 260 g/mol. The minimum atomic E-state index is -2.48. The Kier molecular flexibility index (Phi) is 3.14. The molecular weight excluding hydrogens is 238 g/mol. The van der Waals surface area contributed by atoms with Crippen LogP contribution in [0.3, 0.4) is 0 Å². The van der Waals surface area contributed by atoms with Gasteiger partial charge in [-0.3, -0.25) is 0 Å². The normalized spacial score (nSPS) is 43.5. The number of ether oxygens (including phenoxy) is 1. The molecule has 0 spiro atoms. The molecule has 0 amide bonds. The predicted octanol–water partition coefficient (Wildman–Crippen LogP) is 2.99. The first-order valence-corrected chi connectivity index (χ1v) is 7.15. The molecule has 1 N–H and O–H groups in total. The van der Waals surface area contributed by atoms with Crippen molar-refractivity contribution in [3.63, 3.8) is 0 Å². The van der Waals surface area contributed by atoms with E-state index in [1.54, 1.807) is 0 Å². The van der Waals surface area contributed by atoms with Crippen LogP contribution < -0.4 is 0 Å². The van der Waals surface area contributed by atoms with Gasteiger partial charge in [-0.2, -0.15) is 0 Å². The summed E-state index contributed by atoms with van der Waals surface area (Å²) in [6, 6.07) is 0. The van der Waals surface area contributed by atoms with Crippen LogP contribution in [0.4, 0.5) is 8.78 Å². The average Bonchev–Trinajstić information content (AvgIpc) is 2.99. The van der Waals surface area contributed by atoms with Crippen molar-refractivity contribution in [1.82, 2.24) is 0 Å². The van der Waals surface area contributed by atoms with Gasteiger partial charge >= 0.3 is 0 Å². The van der Waals surface area contributed by atoms with Gasteiger partial charge in [0.05, 0.1) is 12.7 Å². The van der Waals surface area contributed by atoms with Crippen LogP contribution in [0, 0.1) is 17.3 Å². The summed E-state index contributed by atoms with van der Waals surface area (Å²) in [5.74, 6) is -1.84. The molecule has 3 rings (SSSR count). The molecule has 0 aromatic carbocycles. The fraction of sp³-hybridized carbons (Fsp3) is 1.00. The molecule has 1 heterocycles. The van der Waals surface area contributed by atoms with Gasteiger partial charge in [-0.05, 0) is 43.9 Å². The second-order valence-corrected chi connectivity index (χ2v) is 6.57. The molecule has 1 saturated heterocycles. The van der Waals surface area contributed by atoms with Crippen LogP contribution in [0.5, 0.6) is 0 Å². The molecule has 3 unspecified atom stereocenters. The Morgan fingerprint density at radius 2 is 1.94 bits per heavy atom. The van der Waals surface area contributed by atoms with Crippen LogP contribution in [0.2, 0.25) is 0 Å². The van der Waals surface area contributed by atoms with Crippen LogP contribution in [0.1, 0.15) is 44.9 Å². The van der Waals surface area contributed by atoms with Crippen LogP contribution in [0.15, 0.2) is 0 Å². The number of aliphatic hydroxyl groups excluding tert-OH is 1. The van der Waals surface area contributed by atoms with E-state index >= 15 is 0 Å². The first kappa shape index (κ1) is 12.8. The highest BCUT2D eigenvalue weighted by Crippen LogP contribution is 2.53. The van der Waals surface area contributed by atoms with Crippen LogP contribution in [-0.2, 0) is 4.74 Å². The number of hydrogen-bond donors (Lipinski definition) is 1. The molecule has 0 bridgehead atoms. The molecule has 1 aliphatic heterocycles. The Balaban J connectivity index is 1.68. The Hall–Kier alpha value is -0.220. The first-order chi connectivity index (χ1) is 8.55. The van der Waals surface area contributed by atoms with E-state index in [0.717, 1.165) is 12.8 Å². The van der Waals surface area contributed by atoms with Gasteiger partial charge in [0.2, 0.25) is 5.92 Å². The third-order valence-electron chi connectivity index (χ3n) is 5.07. The van der Waals surface area contributed by atoms with Gasteiger partial charge in [-0.15, -0.1) is 0 Å². The molecule has 3 fully saturated rings. The lowest BCUT2D eigenvalue weighted by Crippen LogP contribution is -2.38. The highest BCUT2D eigenvalue weighted by atomic mass is 19.3. The van der Waals surface area contributed by atoms with E-state index in [-0.39, 0.29) is 36.9 Å². The van der Waals surface area contributed by atoms with Gasteiger partial charge in [-0.1, -0.05) is 0 Å². The maximum absolute atomic E-state index is 13.3. The maximum atomic E-state index is 13.3. The molecule has 3 atom stereocenters. The lowest BCUT2D eigenvalue weighted by Gasteiger charge is -2.34. The Morgan fingerprint density at radius 1 is 1.17 bits per heavy atom. The summed E-state index contributed by atoms with van der Waals surface area (Å²) in [5, 5.41) is 9.79. The van der Waals surface area contributed by atoms with Gasteiger partial charge in [0.1, 0.15) is 0 Å². The molecule has 0 aromatic rings. The van der Waals surface area contributed by atoms with Crippen molar-refractivity contribution in [2.45, 2.75) is 57.0 Å². The topological polar surface area (TPSA) is 29.5 Å². The molecule has 3 aliphatic rings. The highest BCUT2D eigenvalue weighted by molar-refractivity contribution is 5.01. The highest BCUT2D eigenvalue weighted by Gasteiger charge is 2.53. The molecule has 2 saturated carbocycles. The minimum Gasteiger partial charge on any atom is -0.396 e. The quantitative estimate of drug-likeness (QED) is 0.842. The zero-order valence-electron chi connectivity index (χ0n) is 10.7. The third-order valence-corrected chi connectivity index (χ3v) is 5.07. The lowest BCUT2D eigenvalue weighted by molar-refractivity contribution is -0.0225. The largest absolute Gasteiger partial charge is 0.396 e. The first-order valence-electron chi connectivity index (χ1n) is 7.15. The zero-order chi connectivity index (χ0) is 12.8. The summed E-state index contributed by atoms with van der Waals surface area (Å²) in [4.78, 5) is 0. The number of hydrogen-bond acceptors (Lipinski definition) is 2. The molecule has 18 heavy (non-hydrogen) atoms. The maximum Gasteiger partial charge on any atom is 0.248 e. The average molecular weight is 260 g/mol. The van der Waals surface area contributed by atoms with E-state index in [0.29, 0.717) is 18.9 Å². The van der Waals surface area contributed by atoms with Crippen LogP contribution >= 0.6 is 0 Å². The van der Waals surface area contributed by atoms with Crippen molar-refractivity contribution < 1.29 is 18.6 Å². The summed E-state index contributed by atoms with van der Waals surface area (Å²) >= 11 is 0.